The van der Waals surface area contributed by atoms with Gasteiger partial charge < -0.3 is 34.5 Å². The van der Waals surface area contributed by atoms with Gasteiger partial charge in [-0.15, -0.1) is 0 Å². The summed E-state index contributed by atoms with van der Waals surface area (Å²) in [5.74, 6) is 1.19. The molecule has 1 aromatic rings. The van der Waals surface area contributed by atoms with Gasteiger partial charge >= 0.3 is 6.03 Å². The molecule has 0 saturated carbocycles. The predicted octanol–water partition coefficient (Wildman–Crippen LogP) is 0.809. The second-order valence-corrected chi connectivity index (χ2v) is 6.10. The number of carbonyl (C=O) groups is 2. The van der Waals surface area contributed by atoms with Gasteiger partial charge in [-0.2, -0.15) is 0 Å². The molecule has 0 saturated heterocycles. The topological polar surface area (TPSA) is 98.4 Å². The quantitative estimate of drug-likeness (QED) is 0.730. The molecular formula is C18H23N3O6. The van der Waals surface area contributed by atoms with E-state index in [9.17, 15) is 9.59 Å². The Hall–Kier alpha value is -2.94. The zero-order valence-electron chi connectivity index (χ0n) is 15.8. The van der Waals surface area contributed by atoms with Gasteiger partial charge in [0.05, 0.1) is 51.8 Å². The summed E-state index contributed by atoms with van der Waals surface area (Å²) in [6, 6.07) is 2.47. The molecule has 0 aromatic heterocycles. The minimum Gasteiger partial charge on any atom is -0.493 e. The van der Waals surface area contributed by atoms with Crippen molar-refractivity contribution < 1.29 is 28.5 Å². The third-order valence-electron chi connectivity index (χ3n) is 4.61. The van der Waals surface area contributed by atoms with Crippen molar-refractivity contribution in [1.82, 2.24) is 15.5 Å². The second kappa shape index (κ2) is 7.75. The van der Waals surface area contributed by atoms with Gasteiger partial charge in [0.25, 0.3) is 5.91 Å². The number of benzene rings is 1. The van der Waals surface area contributed by atoms with Crippen LogP contribution in [0.15, 0.2) is 23.4 Å². The highest BCUT2D eigenvalue weighted by Crippen LogP contribution is 2.42. The maximum Gasteiger partial charge on any atom is 0.319 e. The molecule has 1 aromatic carbocycles. The van der Waals surface area contributed by atoms with E-state index in [1.165, 1.54) is 21.3 Å². The monoisotopic (exact) mass is 377 g/mol. The summed E-state index contributed by atoms with van der Waals surface area (Å²) < 4.78 is 21.2. The fraction of sp³-hybridized carbons (Fsp3) is 0.444. The van der Waals surface area contributed by atoms with Gasteiger partial charge in [-0.25, -0.2) is 4.79 Å². The molecular weight excluding hydrogens is 354 g/mol. The maximum atomic E-state index is 12.9. The normalized spacial score (nSPS) is 18.8. The van der Waals surface area contributed by atoms with Gasteiger partial charge in [-0.05, 0) is 17.7 Å². The van der Waals surface area contributed by atoms with E-state index >= 15 is 0 Å². The summed E-state index contributed by atoms with van der Waals surface area (Å²) in [5, 5.41) is 5.55. The highest BCUT2D eigenvalue weighted by molar-refractivity contribution is 6.01. The number of carbonyl (C=O) groups excluding carboxylic acids is 2. The Morgan fingerprint density at radius 1 is 1.07 bits per heavy atom. The van der Waals surface area contributed by atoms with Crippen LogP contribution in [0.5, 0.6) is 17.2 Å². The van der Waals surface area contributed by atoms with Gasteiger partial charge in [0, 0.05) is 13.7 Å². The van der Waals surface area contributed by atoms with Crippen molar-refractivity contribution in [2.45, 2.75) is 6.04 Å². The van der Waals surface area contributed by atoms with Crippen LogP contribution in [0.1, 0.15) is 11.6 Å². The lowest BCUT2D eigenvalue weighted by Gasteiger charge is -2.26. The molecule has 27 heavy (non-hydrogen) atoms. The molecule has 9 heteroatoms. The zero-order valence-corrected chi connectivity index (χ0v) is 15.8. The largest absolute Gasteiger partial charge is 0.493 e. The van der Waals surface area contributed by atoms with Crippen molar-refractivity contribution in [3.8, 4) is 17.2 Å². The highest BCUT2D eigenvalue weighted by Gasteiger charge is 2.40. The van der Waals surface area contributed by atoms with Crippen LogP contribution in [0.2, 0.25) is 0 Å². The van der Waals surface area contributed by atoms with E-state index in [4.69, 9.17) is 18.9 Å². The summed E-state index contributed by atoms with van der Waals surface area (Å²) in [5.41, 5.74) is 1.76. The molecule has 0 radical (unpaired) electrons. The van der Waals surface area contributed by atoms with E-state index in [0.29, 0.717) is 53.8 Å². The average Bonchev–Trinajstić information content (AvgIpc) is 2.99. The number of hydrogen-bond donors (Lipinski definition) is 2. The third kappa shape index (κ3) is 3.37. The molecule has 2 N–H and O–H groups in total. The Balaban J connectivity index is 2.02. The van der Waals surface area contributed by atoms with Crippen LogP contribution < -0.4 is 24.8 Å². The molecule has 0 unspecified atom stereocenters. The van der Waals surface area contributed by atoms with Crippen LogP contribution in [0.3, 0.4) is 0 Å². The summed E-state index contributed by atoms with van der Waals surface area (Å²) in [6.07, 6.45) is 0. The first-order chi connectivity index (χ1) is 13.0. The van der Waals surface area contributed by atoms with Gasteiger partial charge in [0.15, 0.2) is 11.5 Å². The summed E-state index contributed by atoms with van der Waals surface area (Å²) in [7, 11) is 6.12. The zero-order chi connectivity index (χ0) is 19.6. The number of rotatable bonds is 7. The molecule has 0 spiro atoms. The van der Waals surface area contributed by atoms with E-state index in [0.717, 1.165) is 0 Å². The van der Waals surface area contributed by atoms with Crippen molar-refractivity contribution in [2.24, 2.45) is 0 Å². The minimum atomic E-state index is -0.623. The fourth-order valence-corrected chi connectivity index (χ4v) is 3.33. The Labute approximate surface area is 157 Å². The number of hydrogen-bond acceptors (Lipinski definition) is 6. The SMILES string of the molecule is COCCN1CC2=C(C1=O)[C@H](c1cc(OC)c(OC)c(OC)c1)NC(=O)N2. The molecule has 2 aliphatic heterocycles. The molecule has 0 aliphatic carbocycles. The number of nitrogens with one attached hydrogen (secondary N) is 2. The first-order valence-corrected chi connectivity index (χ1v) is 8.42. The number of ether oxygens (including phenoxy) is 4. The molecule has 146 valence electrons. The molecule has 3 rings (SSSR count). The maximum absolute atomic E-state index is 12.9. The first kappa shape index (κ1) is 18.8. The van der Waals surface area contributed by atoms with Crippen molar-refractivity contribution in [3.05, 3.63) is 29.0 Å². The van der Waals surface area contributed by atoms with Gasteiger partial charge in [0.2, 0.25) is 5.75 Å². The molecule has 0 bridgehead atoms. The number of amides is 3. The van der Waals surface area contributed by atoms with E-state index in [-0.39, 0.29) is 11.9 Å². The van der Waals surface area contributed by atoms with Crippen LogP contribution in [0.25, 0.3) is 0 Å². The van der Waals surface area contributed by atoms with Crippen molar-refractivity contribution >= 4 is 11.9 Å². The van der Waals surface area contributed by atoms with Crippen LogP contribution in [-0.2, 0) is 9.53 Å². The van der Waals surface area contributed by atoms with Crippen molar-refractivity contribution in [1.29, 1.82) is 0 Å². The summed E-state index contributed by atoms with van der Waals surface area (Å²) in [6.45, 7) is 1.20. The van der Waals surface area contributed by atoms with Crippen LogP contribution in [0.4, 0.5) is 4.79 Å². The summed E-state index contributed by atoms with van der Waals surface area (Å²) >= 11 is 0. The van der Waals surface area contributed by atoms with E-state index < -0.39 is 6.04 Å². The van der Waals surface area contributed by atoms with Gasteiger partial charge in [0.1, 0.15) is 0 Å². The Bertz CT molecular complexity index is 766. The van der Waals surface area contributed by atoms with E-state index in [1.807, 2.05) is 0 Å². The van der Waals surface area contributed by atoms with Gasteiger partial charge in [-0.1, -0.05) is 0 Å². The van der Waals surface area contributed by atoms with Crippen LogP contribution >= 0.6 is 0 Å². The van der Waals surface area contributed by atoms with E-state index in [1.54, 1.807) is 24.1 Å². The molecule has 2 aliphatic rings. The molecule has 2 heterocycles. The lowest BCUT2D eigenvalue weighted by atomic mass is 9.95. The molecule has 9 nitrogen and oxygen atoms in total. The molecule has 3 amide bonds. The fourth-order valence-electron chi connectivity index (χ4n) is 3.33. The number of urea groups is 1. The smallest absolute Gasteiger partial charge is 0.319 e. The van der Waals surface area contributed by atoms with E-state index in [2.05, 4.69) is 10.6 Å². The average molecular weight is 377 g/mol. The van der Waals surface area contributed by atoms with Crippen LogP contribution in [0, 0.1) is 0 Å². The Morgan fingerprint density at radius 3 is 2.30 bits per heavy atom. The molecule has 1 atom stereocenters. The number of nitrogens with zero attached hydrogens (tertiary/aromatic N) is 1. The van der Waals surface area contributed by atoms with Crippen molar-refractivity contribution in [2.75, 3.05) is 48.1 Å². The molecule has 0 fully saturated rings. The lowest BCUT2D eigenvalue weighted by molar-refractivity contribution is -0.126. The highest BCUT2D eigenvalue weighted by atomic mass is 16.5. The van der Waals surface area contributed by atoms with Crippen LogP contribution in [-0.4, -0.2) is 65.0 Å². The van der Waals surface area contributed by atoms with Gasteiger partial charge in [-0.3, -0.25) is 4.79 Å². The standard InChI is InChI=1S/C18H23N3O6/c1-24-6-5-21-9-11-14(17(21)22)15(20-18(23)19-11)10-7-12(25-2)16(27-4)13(8-10)26-3/h7-8,15H,5-6,9H2,1-4H3,(H2,19,20,23)/t15-/m0/s1. The Morgan fingerprint density at radius 2 is 1.74 bits per heavy atom. The first-order valence-electron chi connectivity index (χ1n) is 8.42. The Kier molecular flexibility index (Phi) is 5.41. The summed E-state index contributed by atoms with van der Waals surface area (Å²) in [4.78, 5) is 26.7. The number of methoxy groups -OCH3 is 4. The predicted molar refractivity (Wildman–Crippen MR) is 96.0 cm³/mol. The van der Waals surface area contributed by atoms with Crippen molar-refractivity contribution in [3.63, 3.8) is 0 Å². The lowest BCUT2D eigenvalue weighted by Crippen LogP contribution is -2.44. The third-order valence-corrected chi connectivity index (χ3v) is 4.61. The second-order valence-electron chi connectivity index (χ2n) is 6.10. The minimum absolute atomic E-state index is 0.145.